The number of amides is 1. The average molecular weight is 330 g/mol. The van der Waals surface area contributed by atoms with Crippen molar-refractivity contribution in [2.75, 3.05) is 13.6 Å². The number of hydrogen-bond donors (Lipinski definition) is 3. The van der Waals surface area contributed by atoms with Crippen LogP contribution < -0.4 is 16.4 Å². The molecular weight excluding hydrogens is 308 g/mol. The van der Waals surface area contributed by atoms with E-state index in [1.54, 1.807) is 30.5 Å². The van der Waals surface area contributed by atoms with Gasteiger partial charge < -0.3 is 16.4 Å². The first-order valence-electron chi connectivity index (χ1n) is 7.47. The van der Waals surface area contributed by atoms with Gasteiger partial charge in [0.1, 0.15) is 0 Å². The highest BCUT2D eigenvalue weighted by Crippen LogP contribution is 2.19. The minimum absolute atomic E-state index is 0.417. The lowest BCUT2D eigenvalue weighted by molar-refractivity contribution is 0.1000. The largest absolute Gasteiger partial charge is 0.366 e. The Labute approximate surface area is 140 Å². The molecule has 23 heavy (non-hydrogen) atoms. The number of nitrogens with one attached hydrogen (secondary N) is 2. The highest BCUT2D eigenvalue weighted by molar-refractivity contribution is 7.10. The van der Waals surface area contributed by atoms with Crippen molar-refractivity contribution in [1.29, 1.82) is 0 Å². The molecule has 0 aliphatic heterocycles. The Hall–Kier alpha value is -2.34. The topological polar surface area (TPSA) is 79.5 Å². The van der Waals surface area contributed by atoms with E-state index in [4.69, 9.17) is 5.73 Å². The average Bonchev–Trinajstić information content (AvgIpc) is 3.09. The molecule has 0 aliphatic rings. The number of hydrogen-bond acceptors (Lipinski definition) is 3. The predicted molar refractivity (Wildman–Crippen MR) is 95.9 cm³/mol. The van der Waals surface area contributed by atoms with Crippen LogP contribution in [0.3, 0.4) is 0 Å². The number of nitrogens with two attached hydrogens (primary N) is 1. The van der Waals surface area contributed by atoms with Crippen LogP contribution in [0.25, 0.3) is 0 Å². The van der Waals surface area contributed by atoms with E-state index in [0.29, 0.717) is 18.0 Å². The molecule has 0 bridgehead atoms. The Morgan fingerprint density at radius 1 is 1.30 bits per heavy atom. The molecule has 2 aromatic rings. The molecule has 0 aliphatic carbocycles. The third kappa shape index (κ3) is 5.10. The fourth-order valence-corrected chi connectivity index (χ4v) is 2.95. The molecule has 1 amide bonds. The third-order valence-electron chi connectivity index (χ3n) is 3.50. The number of nitrogens with zero attached hydrogens (tertiary/aromatic N) is 1. The van der Waals surface area contributed by atoms with E-state index in [2.05, 4.69) is 40.1 Å². The summed E-state index contributed by atoms with van der Waals surface area (Å²) in [4.78, 5) is 16.8. The zero-order valence-corrected chi connectivity index (χ0v) is 14.2. The number of guanidine groups is 1. The molecule has 1 unspecified atom stereocenters. The zero-order chi connectivity index (χ0) is 16.7. The number of primary amides is 1. The predicted octanol–water partition coefficient (Wildman–Crippen LogP) is 2.32. The number of carbonyl (C=O) groups excluding carboxylic acids is 1. The smallest absolute Gasteiger partial charge is 0.248 e. The van der Waals surface area contributed by atoms with Crippen LogP contribution in [0.1, 0.15) is 33.6 Å². The Morgan fingerprint density at radius 2 is 2.13 bits per heavy atom. The first-order chi connectivity index (χ1) is 11.1. The van der Waals surface area contributed by atoms with Crippen molar-refractivity contribution < 1.29 is 4.79 Å². The number of rotatable bonds is 6. The summed E-state index contributed by atoms with van der Waals surface area (Å²) >= 11 is 1.76. The second-order valence-corrected chi connectivity index (χ2v) is 6.27. The molecule has 122 valence electrons. The molecular formula is C17H22N4OS. The number of aliphatic imine (C=N–C) groups is 1. The fraction of sp³-hybridized carbons (Fsp3) is 0.294. The van der Waals surface area contributed by atoms with Crippen LogP contribution in [0.4, 0.5) is 0 Å². The van der Waals surface area contributed by atoms with Crippen molar-refractivity contribution in [3.63, 3.8) is 0 Å². The Kier molecular flexibility index (Phi) is 6.17. The summed E-state index contributed by atoms with van der Waals surface area (Å²) in [6.07, 6.45) is 0. The lowest BCUT2D eigenvalue weighted by Crippen LogP contribution is -2.38. The Balaban J connectivity index is 1.85. The van der Waals surface area contributed by atoms with Gasteiger partial charge in [0.25, 0.3) is 0 Å². The van der Waals surface area contributed by atoms with Gasteiger partial charge in [-0.1, -0.05) is 25.1 Å². The van der Waals surface area contributed by atoms with Crippen LogP contribution in [-0.2, 0) is 6.54 Å². The lowest BCUT2D eigenvalue weighted by atomic mass is 10.1. The maximum Gasteiger partial charge on any atom is 0.248 e. The highest BCUT2D eigenvalue weighted by atomic mass is 32.1. The van der Waals surface area contributed by atoms with E-state index in [1.165, 1.54) is 4.88 Å². The van der Waals surface area contributed by atoms with Crippen LogP contribution in [0.5, 0.6) is 0 Å². The van der Waals surface area contributed by atoms with Crippen LogP contribution in [-0.4, -0.2) is 25.5 Å². The van der Waals surface area contributed by atoms with Crippen LogP contribution in [0.2, 0.25) is 0 Å². The van der Waals surface area contributed by atoms with Gasteiger partial charge in [0.15, 0.2) is 5.96 Å². The van der Waals surface area contributed by atoms with Gasteiger partial charge >= 0.3 is 0 Å². The molecule has 4 N–H and O–H groups in total. The molecule has 1 atom stereocenters. The third-order valence-corrected chi connectivity index (χ3v) is 4.60. The van der Waals surface area contributed by atoms with Crippen LogP contribution in [0, 0.1) is 0 Å². The van der Waals surface area contributed by atoms with Crippen LogP contribution in [0.15, 0.2) is 46.8 Å². The number of thiophene rings is 1. The maximum absolute atomic E-state index is 11.2. The van der Waals surface area contributed by atoms with Crippen molar-refractivity contribution in [2.24, 2.45) is 10.7 Å². The highest BCUT2D eigenvalue weighted by Gasteiger charge is 2.08. The molecule has 6 heteroatoms. The van der Waals surface area contributed by atoms with Gasteiger partial charge in [0.05, 0.1) is 0 Å². The van der Waals surface area contributed by atoms with Gasteiger partial charge in [-0.2, -0.15) is 0 Å². The van der Waals surface area contributed by atoms with Gasteiger partial charge in [0, 0.05) is 36.5 Å². The summed E-state index contributed by atoms with van der Waals surface area (Å²) in [6.45, 7) is 3.57. The maximum atomic E-state index is 11.2. The van der Waals surface area contributed by atoms with E-state index in [-0.39, 0.29) is 0 Å². The molecule has 2 rings (SSSR count). The summed E-state index contributed by atoms with van der Waals surface area (Å²) in [5, 5.41) is 8.65. The van der Waals surface area contributed by atoms with Crippen molar-refractivity contribution in [3.8, 4) is 0 Å². The summed E-state index contributed by atoms with van der Waals surface area (Å²) in [5.74, 6) is 0.740. The number of benzene rings is 1. The van der Waals surface area contributed by atoms with E-state index in [9.17, 15) is 4.79 Å². The molecule has 0 saturated carbocycles. The van der Waals surface area contributed by atoms with E-state index >= 15 is 0 Å². The summed E-state index contributed by atoms with van der Waals surface area (Å²) in [6, 6.07) is 11.5. The van der Waals surface area contributed by atoms with Crippen LogP contribution >= 0.6 is 11.3 Å². The normalized spacial score (nSPS) is 12.7. The molecule has 0 radical (unpaired) electrons. The minimum atomic E-state index is -0.417. The summed E-state index contributed by atoms with van der Waals surface area (Å²) in [7, 11) is 1.74. The SMILES string of the molecule is CN=C(NCc1cccc(C(N)=O)c1)NCC(C)c1cccs1. The summed E-state index contributed by atoms with van der Waals surface area (Å²) < 4.78 is 0. The van der Waals surface area contributed by atoms with Crippen molar-refractivity contribution in [3.05, 3.63) is 57.8 Å². The Morgan fingerprint density at radius 3 is 2.78 bits per heavy atom. The molecule has 0 fully saturated rings. The second kappa shape index (κ2) is 8.33. The van der Waals surface area contributed by atoms with Gasteiger partial charge in [-0.25, -0.2) is 0 Å². The quantitative estimate of drug-likeness (QED) is 0.562. The lowest BCUT2D eigenvalue weighted by Gasteiger charge is -2.15. The van der Waals surface area contributed by atoms with Crippen molar-refractivity contribution >= 4 is 23.2 Å². The van der Waals surface area contributed by atoms with Gasteiger partial charge in [-0.3, -0.25) is 9.79 Å². The first kappa shape index (κ1) is 17.0. The second-order valence-electron chi connectivity index (χ2n) is 5.29. The van der Waals surface area contributed by atoms with E-state index in [0.717, 1.165) is 18.1 Å². The monoisotopic (exact) mass is 330 g/mol. The van der Waals surface area contributed by atoms with Gasteiger partial charge in [-0.15, -0.1) is 11.3 Å². The minimum Gasteiger partial charge on any atom is -0.366 e. The molecule has 1 aromatic carbocycles. The van der Waals surface area contributed by atoms with E-state index in [1.807, 2.05) is 12.1 Å². The standard InChI is InChI=1S/C17H22N4OS/c1-12(15-7-4-8-23-15)10-20-17(19-2)21-11-13-5-3-6-14(9-13)16(18)22/h3-9,12H,10-11H2,1-2H3,(H2,18,22)(H2,19,20,21). The van der Waals surface area contributed by atoms with Crippen molar-refractivity contribution in [1.82, 2.24) is 10.6 Å². The Bertz CT molecular complexity index is 667. The molecule has 0 spiro atoms. The molecule has 5 nitrogen and oxygen atoms in total. The molecule has 0 saturated heterocycles. The first-order valence-corrected chi connectivity index (χ1v) is 8.34. The zero-order valence-electron chi connectivity index (χ0n) is 13.4. The van der Waals surface area contributed by atoms with E-state index < -0.39 is 5.91 Å². The number of carbonyl (C=O) groups is 1. The van der Waals surface area contributed by atoms with Crippen molar-refractivity contribution in [2.45, 2.75) is 19.4 Å². The molecule has 1 aromatic heterocycles. The van der Waals surface area contributed by atoms with Gasteiger partial charge in [-0.05, 0) is 29.1 Å². The van der Waals surface area contributed by atoms with Gasteiger partial charge in [0.2, 0.25) is 5.91 Å². The summed E-state index contributed by atoms with van der Waals surface area (Å²) in [5.41, 5.74) is 6.79. The fourth-order valence-electron chi connectivity index (χ4n) is 2.16. The molecule has 1 heterocycles.